The number of nitrogens with zero attached hydrogens (tertiary/aromatic N) is 4. The summed E-state index contributed by atoms with van der Waals surface area (Å²) in [4.78, 5) is 65.2. The van der Waals surface area contributed by atoms with E-state index in [0.29, 0.717) is 62.0 Å². The van der Waals surface area contributed by atoms with Gasteiger partial charge in [-0.15, -0.1) is 0 Å². The van der Waals surface area contributed by atoms with E-state index in [1.807, 2.05) is 74.5 Å². The van der Waals surface area contributed by atoms with Gasteiger partial charge in [-0.3, -0.25) is 19.2 Å². The van der Waals surface area contributed by atoms with Crippen molar-refractivity contribution < 1.29 is 28.7 Å². The van der Waals surface area contributed by atoms with Crippen molar-refractivity contribution in [3.63, 3.8) is 0 Å². The van der Waals surface area contributed by atoms with Crippen LogP contribution in [0.15, 0.2) is 85.2 Å². The molecule has 4 heterocycles. The maximum absolute atomic E-state index is 13.4. The number of ether oxygens (including phenoxy) is 2. The third-order valence-corrected chi connectivity index (χ3v) is 9.33. The molecule has 54 heavy (non-hydrogen) atoms. The highest BCUT2D eigenvalue weighted by Gasteiger charge is 2.37. The number of likely N-dealkylation sites (tertiary alicyclic amines) is 2. The number of hydrogen-bond acceptors (Lipinski definition) is 8. The first-order chi connectivity index (χ1) is 26.4. The second-order valence-electron chi connectivity index (χ2n) is 13.3. The molecule has 2 atom stereocenters. The Hall–Kier alpha value is -6.04. The summed E-state index contributed by atoms with van der Waals surface area (Å²) in [6, 6.07) is 20.7. The number of rotatable bonds is 14. The van der Waals surface area contributed by atoms with Gasteiger partial charge in [0.2, 0.25) is 11.8 Å². The van der Waals surface area contributed by atoms with Crippen LogP contribution in [-0.4, -0.2) is 81.8 Å². The van der Waals surface area contributed by atoms with E-state index in [1.54, 1.807) is 46.5 Å². The summed E-state index contributed by atoms with van der Waals surface area (Å²) in [5, 5.41) is 5.93. The van der Waals surface area contributed by atoms with Gasteiger partial charge in [0, 0.05) is 36.9 Å². The summed E-state index contributed by atoms with van der Waals surface area (Å²) in [6.45, 7) is 5.88. The molecule has 2 aliphatic heterocycles. The third kappa shape index (κ3) is 9.11. The number of pyridine rings is 2. The fraction of sp³-hybridized carbons (Fsp3) is 0.333. The van der Waals surface area contributed by atoms with E-state index in [2.05, 4.69) is 20.6 Å². The molecular weight excluding hydrogens is 684 g/mol. The van der Waals surface area contributed by atoms with Crippen molar-refractivity contribution >= 4 is 47.2 Å². The van der Waals surface area contributed by atoms with Gasteiger partial charge in [-0.25, -0.2) is 9.97 Å². The van der Waals surface area contributed by atoms with Crippen molar-refractivity contribution in [3.05, 3.63) is 108 Å². The van der Waals surface area contributed by atoms with Crippen LogP contribution in [0.4, 0.5) is 11.4 Å². The monoisotopic (exact) mass is 730 g/mol. The van der Waals surface area contributed by atoms with Crippen molar-refractivity contribution in [2.75, 3.05) is 36.9 Å². The van der Waals surface area contributed by atoms with E-state index in [9.17, 15) is 19.2 Å². The van der Waals surface area contributed by atoms with Gasteiger partial charge in [-0.2, -0.15) is 0 Å². The molecule has 0 saturated carbocycles. The van der Waals surface area contributed by atoms with Crippen LogP contribution in [0.25, 0.3) is 12.2 Å². The summed E-state index contributed by atoms with van der Waals surface area (Å²) < 4.78 is 11.5. The highest BCUT2D eigenvalue weighted by atomic mass is 16.5. The van der Waals surface area contributed by atoms with Gasteiger partial charge < -0.3 is 29.9 Å². The highest BCUT2D eigenvalue weighted by molar-refractivity contribution is 6.03. The fourth-order valence-electron chi connectivity index (χ4n) is 6.59. The summed E-state index contributed by atoms with van der Waals surface area (Å²) in [6.07, 6.45) is 11.2. The number of amides is 4. The Labute approximate surface area is 315 Å². The SMILES string of the molecule is CCCOc1cccnc1C(=O)N1CCC[C@H]1C(=O)Nc1ccc(/C=C/c2ccc(NC(=O)[C@@H]3CCCN3C(=O)c3ncccc3OCCC)cc2)cc1. The minimum atomic E-state index is -0.601. The fourth-order valence-corrected chi connectivity index (χ4v) is 6.59. The maximum atomic E-state index is 13.4. The molecule has 0 bridgehead atoms. The molecule has 0 radical (unpaired) electrons. The number of aromatic nitrogens is 2. The first-order valence-electron chi connectivity index (χ1n) is 18.6. The molecule has 12 heteroatoms. The van der Waals surface area contributed by atoms with E-state index < -0.39 is 12.1 Å². The second-order valence-corrected chi connectivity index (χ2v) is 13.3. The normalized spacial score (nSPS) is 16.7. The van der Waals surface area contributed by atoms with Gasteiger partial charge in [-0.05, 0) is 98.2 Å². The molecule has 280 valence electrons. The Bertz CT molecular complexity index is 1820. The Kier molecular flexibility index (Phi) is 12.7. The Morgan fingerprint density at radius 2 is 1.06 bits per heavy atom. The van der Waals surface area contributed by atoms with Gasteiger partial charge in [0.1, 0.15) is 12.1 Å². The van der Waals surface area contributed by atoms with E-state index in [1.165, 1.54) is 0 Å². The Balaban J connectivity index is 1.01. The summed E-state index contributed by atoms with van der Waals surface area (Å²) >= 11 is 0. The molecule has 4 aromatic rings. The lowest BCUT2D eigenvalue weighted by molar-refractivity contribution is -0.120. The van der Waals surface area contributed by atoms with Crippen LogP contribution in [-0.2, 0) is 9.59 Å². The van der Waals surface area contributed by atoms with Crippen molar-refractivity contribution in [2.24, 2.45) is 0 Å². The van der Waals surface area contributed by atoms with Crippen LogP contribution in [0.5, 0.6) is 11.5 Å². The van der Waals surface area contributed by atoms with Gasteiger partial charge in [-0.1, -0.05) is 50.3 Å². The lowest BCUT2D eigenvalue weighted by atomic mass is 10.1. The molecule has 0 unspecified atom stereocenters. The van der Waals surface area contributed by atoms with Crippen LogP contribution >= 0.6 is 0 Å². The Morgan fingerprint density at radius 3 is 1.44 bits per heavy atom. The van der Waals surface area contributed by atoms with Gasteiger partial charge in [0.25, 0.3) is 11.8 Å². The average Bonchev–Trinajstić information content (AvgIpc) is 3.91. The first kappa shape index (κ1) is 37.7. The molecule has 2 N–H and O–H groups in total. The van der Waals surface area contributed by atoms with Crippen molar-refractivity contribution in [1.82, 2.24) is 19.8 Å². The second kappa shape index (κ2) is 18.1. The molecule has 0 aliphatic carbocycles. The zero-order chi connectivity index (χ0) is 37.9. The predicted octanol–water partition coefficient (Wildman–Crippen LogP) is 6.71. The number of carbonyl (C=O) groups excluding carboxylic acids is 4. The predicted molar refractivity (Wildman–Crippen MR) is 207 cm³/mol. The smallest absolute Gasteiger partial charge is 0.276 e. The average molecular weight is 731 g/mol. The quantitative estimate of drug-likeness (QED) is 0.136. The Morgan fingerprint density at radius 1 is 0.648 bits per heavy atom. The summed E-state index contributed by atoms with van der Waals surface area (Å²) in [5.74, 6) is -0.246. The van der Waals surface area contributed by atoms with Crippen LogP contribution in [0, 0.1) is 0 Å². The van der Waals surface area contributed by atoms with Crippen molar-refractivity contribution in [3.8, 4) is 11.5 Å². The van der Waals surface area contributed by atoms with Crippen molar-refractivity contribution in [1.29, 1.82) is 0 Å². The third-order valence-electron chi connectivity index (χ3n) is 9.33. The van der Waals surface area contributed by atoms with Crippen molar-refractivity contribution in [2.45, 2.75) is 64.5 Å². The molecule has 2 aliphatic rings. The molecule has 6 rings (SSSR count). The number of anilines is 2. The number of nitrogens with one attached hydrogen (secondary N) is 2. The first-order valence-corrected chi connectivity index (χ1v) is 18.6. The number of hydrogen-bond donors (Lipinski definition) is 2. The lowest BCUT2D eigenvalue weighted by Crippen LogP contribution is -2.43. The molecular formula is C42H46N6O6. The molecule has 0 spiro atoms. The van der Waals surface area contributed by atoms with E-state index in [-0.39, 0.29) is 35.0 Å². The van der Waals surface area contributed by atoms with Gasteiger partial charge >= 0.3 is 0 Å². The summed E-state index contributed by atoms with van der Waals surface area (Å²) in [7, 11) is 0. The van der Waals surface area contributed by atoms with Crippen LogP contribution < -0.4 is 20.1 Å². The molecule has 2 saturated heterocycles. The van der Waals surface area contributed by atoms with Gasteiger partial charge in [0.15, 0.2) is 22.9 Å². The summed E-state index contributed by atoms with van der Waals surface area (Å²) in [5.41, 5.74) is 3.57. The van der Waals surface area contributed by atoms with E-state index in [4.69, 9.17) is 9.47 Å². The van der Waals surface area contributed by atoms with E-state index in [0.717, 1.165) is 36.8 Å². The van der Waals surface area contributed by atoms with Gasteiger partial charge in [0.05, 0.1) is 13.2 Å². The standard InChI is InChI=1S/C42H46N6O6/c1-3-27-53-35-11-5-23-43-37(35)41(51)47-25-7-9-33(47)39(49)45-31-19-15-29(16-20-31)13-14-30-17-21-32(22-18-30)46-40(50)34-10-8-26-48(34)42(52)38-36(54-28-4-2)12-6-24-44-38/h5-6,11-24,33-34H,3-4,7-10,25-28H2,1-2H3,(H,45,49)(H,46,50)/b14-13+/t33-,34-/m0/s1. The van der Waals surface area contributed by atoms with E-state index >= 15 is 0 Å². The molecule has 2 aromatic carbocycles. The highest BCUT2D eigenvalue weighted by Crippen LogP contribution is 2.27. The molecule has 2 fully saturated rings. The largest absolute Gasteiger partial charge is 0.491 e. The number of benzene rings is 2. The van der Waals surface area contributed by atoms with Crippen LogP contribution in [0.3, 0.4) is 0 Å². The minimum absolute atomic E-state index is 0.221. The topological polar surface area (TPSA) is 143 Å². The zero-order valence-electron chi connectivity index (χ0n) is 30.7. The minimum Gasteiger partial charge on any atom is -0.491 e. The maximum Gasteiger partial charge on any atom is 0.276 e. The molecule has 4 amide bonds. The molecule has 12 nitrogen and oxygen atoms in total. The molecule has 2 aromatic heterocycles. The number of carbonyl (C=O) groups is 4. The van der Waals surface area contributed by atoms with Crippen LogP contribution in [0.2, 0.25) is 0 Å². The van der Waals surface area contributed by atoms with Crippen LogP contribution in [0.1, 0.15) is 84.5 Å². The lowest BCUT2D eigenvalue weighted by Gasteiger charge is -2.24. The zero-order valence-corrected chi connectivity index (χ0v) is 30.7.